The topological polar surface area (TPSA) is 41.6 Å². The van der Waals surface area contributed by atoms with Gasteiger partial charge in [-0.2, -0.15) is 0 Å². The standard InChI is InChI=1S/C13H18BrN3/c1-3-8-13(2)9-16-12(15)17(13)11-6-4-10(14)5-7-11/h4-7H,3,8-9H2,1-2H3,(H2,15,16). The number of halogens is 1. The Bertz CT molecular complexity index is 427. The van der Waals surface area contributed by atoms with Crippen LogP contribution in [0.5, 0.6) is 0 Å². The second-order valence-electron chi connectivity index (χ2n) is 4.73. The summed E-state index contributed by atoms with van der Waals surface area (Å²) in [5.74, 6) is 0.628. The summed E-state index contributed by atoms with van der Waals surface area (Å²) in [5, 5.41) is 0. The monoisotopic (exact) mass is 295 g/mol. The molecule has 3 nitrogen and oxygen atoms in total. The van der Waals surface area contributed by atoms with E-state index < -0.39 is 0 Å². The highest BCUT2D eigenvalue weighted by molar-refractivity contribution is 9.10. The van der Waals surface area contributed by atoms with Gasteiger partial charge in [0.15, 0.2) is 5.96 Å². The maximum Gasteiger partial charge on any atom is 0.196 e. The van der Waals surface area contributed by atoms with E-state index in [9.17, 15) is 0 Å². The smallest absolute Gasteiger partial charge is 0.196 e. The summed E-state index contributed by atoms with van der Waals surface area (Å²) in [6, 6.07) is 8.22. The molecule has 1 aliphatic heterocycles. The molecule has 0 saturated heterocycles. The van der Waals surface area contributed by atoms with E-state index in [4.69, 9.17) is 5.73 Å². The highest BCUT2D eigenvalue weighted by Gasteiger charge is 2.37. The van der Waals surface area contributed by atoms with Crippen molar-refractivity contribution in [3.8, 4) is 0 Å². The number of nitrogens with two attached hydrogens (primary N) is 1. The van der Waals surface area contributed by atoms with Crippen molar-refractivity contribution in [2.45, 2.75) is 32.2 Å². The zero-order chi connectivity index (χ0) is 12.5. The summed E-state index contributed by atoms with van der Waals surface area (Å²) in [5.41, 5.74) is 7.15. The van der Waals surface area contributed by atoms with Crippen molar-refractivity contribution in [1.29, 1.82) is 0 Å². The maximum absolute atomic E-state index is 6.02. The predicted octanol–water partition coefficient (Wildman–Crippen LogP) is 3.14. The van der Waals surface area contributed by atoms with Gasteiger partial charge in [0.05, 0.1) is 12.1 Å². The molecule has 1 atom stereocenters. The summed E-state index contributed by atoms with van der Waals surface area (Å²) in [7, 11) is 0. The Kier molecular flexibility index (Phi) is 3.43. The van der Waals surface area contributed by atoms with Crippen molar-refractivity contribution < 1.29 is 0 Å². The molecule has 1 aliphatic rings. The molecule has 1 aromatic rings. The van der Waals surface area contributed by atoms with Gasteiger partial charge in [-0.3, -0.25) is 4.99 Å². The van der Waals surface area contributed by atoms with Gasteiger partial charge in [-0.25, -0.2) is 0 Å². The molecule has 0 amide bonds. The van der Waals surface area contributed by atoms with Crippen LogP contribution in [0.2, 0.25) is 0 Å². The Balaban J connectivity index is 2.33. The number of guanidine groups is 1. The van der Waals surface area contributed by atoms with E-state index in [-0.39, 0.29) is 5.54 Å². The lowest BCUT2D eigenvalue weighted by atomic mass is 9.94. The van der Waals surface area contributed by atoms with Crippen molar-refractivity contribution in [3.63, 3.8) is 0 Å². The van der Waals surface area contributed by atoms with E-state index in [0.29, 0.717) is 5.96 Å². The first-order valence-corrected chi connectivity index (χ1v) is 6.72. The lowest BCUT2D eigenvalue weighted by molar-refractivity contribution is 0.457. The molecule has 1 aromatic carbocycles. The van der Waals surface area contributed by atoms with Crippen molar-refractivity contribution in [1.82, 2.24) is 0 Å². The van der Waals surface area contributed by atoms with Gasteiger partial charge in [0.1, 0.15) is 0 Å². The fourth-order valence-electron chi connectivity index (χ4n) is 2.43. The Hall–Kier alpha value is -1.03. The van der Waals surface area contributed by atoms with Gasteiger partial charge in [0.25, 0.3) is 0 Å². The summed E-state index contributed by atoms with van der Waals surface area (Å²) >= 11 is 3.45. The third-order valence-electron chi connectivity index (χ3n) is 3.22. The van der Waals surface area contributed by atoms with Gasteiger partial charge in [-0.15, -0.1) is 0 Å². The van der Waals surface area contributed by atoms with Crippen LogP contribution in [0.3, 0.4) is 0 Å². The molecule has 0 aromatic heterocycles. The fourth-order valence-corrected chi connectivity index (χ4v) is 2.70. The third-order valence-corrected chi connectivity index (χ3v) is 3.75. The van der Waals surface area contributed by atoms with Gasteiger partial charge in [0, 0.05) is 10.2 Å². The van der Waals surface area contributed by atoms with E-state index in [2.05, 4.69) is 51.8 Å². The molecule has 4 heteroatoms. The van der Waals surface area contributed by atoms with Crippen LogP contribution in [-0.2, 0) is 0 Å². The molecule has 0 spiro atoms. The highest BCUT2D eigenvalue weighted by Crippen LogP contribution is 2.32. The fraction of sp³-hybridized carbons (Fsp3) is 0.462. The van der Waals surface area contributed by atoms with Crippen LogP contribution >= 0.6 is 15.9 Å². The number of rotatable bonds is 3. The average molecular weight is 296 g/mol. The lowest BCUT2D eigenvalue weighted by Gasteiger charge is -2.36. The zero-order valence-electron chi connectivity index (χ0n) is 10.3. The number of anilines is 1. The Morgan fingerprint density at radius 1 is 1.41 bits per heavy atom. The molecule has 0 bridgehead atoms. The molecule has 1 unspecified atom stereocenters. The molecular formula is C13H18BrN3. The molecule has 0 radical (unpaired) electrons. The molecule has 17 heavy (non-hydrogen) atoms. The summed E-state index contributed by atoms with van der Waals surface area (Å²) in [4.78, 5) is 6.55. The van der Waals surface area contributed by atoms with Crippen LogP contribution in [0, 0.1) is 0 Å². The summed E-state index contributed by atoms with van der Waals surface area (Å²) < 4.78 is 1.08. The summed E-state index contributed by atoms with van der Waals surface area (Å²) in [6.45, 7) is 5.20. The van der Waals surface area contributed by atoms with Gasteiger partial charge >= 0.3 is 0 Å². The number of nitrogens with zero attached hydrogens (tertiary/aromatic N) is 2. The number of benzene rings is 1. The van der Waals surface area contributed by atoms with Crippen LogP contribution in [-0.4, -0.2) is 18.0 Å². The van der Waals surface area contributed by atoms with Crippen LogP contribution in [0.15, 0.2) is 33.7 Å². The van der Waals surface area contributed by atoms with Crippen molar-refractivity contribution in [2.24, 2.45) is 10.7 Å². The first-order chi connectivity index (χ1) is 8.07. The Morgan fingerprint density at radius 3 is 2.65 bits per heavy atom. The zero-order valence-corrected chi connectivity index (χ0v) is 11.9. The lowest BCUT2D eigenvalue weighted by Crippen LogP contribution is -2.49. The Labute approximate surface area is 111 Å². The highest BCUT2D eigenvalue weighted by atomic mass is 79.9. The first kappa shape index (κ1) is 12.4. The minimum absolute atomic E-state index is 0.0205. The van der Waals surface area contributed by atoms with E-state index in [1.807, 2.05) is 12.1 Å². The number of hydrogen-bond donors (Lipinski definition) is 1. The van der Waals surface area contributed by atoms with Crippen LogP contribution in [0.25, 0.3) is 0 Å². The van der Waals surface area contributed by atoms with Gasteiger partial charge in [0.2, 0.25) is 0 Å². The molecular weight excluding hydrogens is 278 g/mol. The first-order valence-electron chi connectivity index (χ1n) is 5.92. The largest absolute Gasteiger partial charge is 0.369 e. The normalized spacial score (nSPS) is 23.9. The average Bonchev–Trinajstić information content (AvgIpc) is 2.57. The van der Waals surface area contributed by atoms with E-state index in [1.54, 1.807) is 0 Å². The minimum Gasteiger partial charge on any atom is -0.369 e. The molecule has 92 valence electrons. The van der Waals surface area contributed by atoms with Crippen molar-refractivity contribution >= 4 is 27.6 Å². The van der Waals surface area contributed by atoms with E-state index >= 15 is 0 Å². The van der Waals surface area contributed by atoms with E-state index in [1.165, 1.54) is 0 Å². The van der Waals surface area contributed by atoms with Gasteiger partial charge in [-0.05, 0) is 37.6 Å². The second-order valence-corrected chi connectivity index (χ2v) is 5.65. The van der Waals surface area contributed by atoms with Gasteiger partial charge in [-0.1, -0.05) is 29.3 Å². The van der Waals surface area contributed by atoms with Crippen LogP contribution in [0.1, 0.15) is 26.7 Å². The van der Waals surface area contributed by atoms with Crippen molar-refractivity contribution in [3.05, 3.63) is 28.7 Å². The molecule has 0 saturated carbocycles. The Morgan fingerprint density at radius 2 is 2.06 bits per heavy atom. The minimum atomic E-state index is 0.0205. The SMILES string of the molecule is CCCC1(C)CN=C(N)N1c1ccc(Br)cc1. The summed E-state index contributed by atoms with van der Waals surface area (Å²) in [6.07, 6.45) is 2.22. The van der Waals surface area contributed by atoms with Crippen LogP contribution in [0.4, 0.5) is 5.69 Å². The number of aliphatic imine (C=N–C) groups is 1. The molecule has 0 fully saturated rings. The molecule has 0 aliphatic carbocycles. The maximum atomic E-state index is 6.02. The number of hydrogen-bond acceptors (Lipinski definition) is 3. The van der Waals surface area contributed by atoms with Gasteiger partial charge < -0.3 is 10.6 Å². The van der Waals surface area contributed by atoms with E-state index in [0.717, 1.165) is 29.5 Å². The predicted molar refractivity (Wildman–Crippen MR) is 76.4 cm³/mol. The molecule has 2 N–H and O–H groups in total. The third kappa shape index (κ3) is 2.32. The molecule has 1 heterocycles. The quantitative estimate of drug-likeness (QED) is 0.931. The molecule has 2 rings (SSSR count). The second kappa shape index (κ2) is 4.69. The van der Waals surface area contributed by atoms with Crippen molar-refractivity contribution in [2.75, 3.05) is 11.4 Å². The van der Waals surface area contributed by atoms with Crippen LogP contribution < -0.4 is 10.6 Å².